The fourth-order valence-corrected chi connectivity index (χ4v) is 4.52. The molecule has 1 rings (SSSR count). The highest BCUT2D eigenvalue weighted by atomic mass is 16.5. The fraction of sp³-hybridized carbons (Fsp3) is 0.786. The average Bonchev–Trinajstić information content (AvgIpc) is 2.86. The van der Waals surface area contributed by atoms with Gasteiger partial charge in [0.05, 0.1) is 18.1 Å². The van der Waals surface area contributed by atoms with Gasteiger partial charge in [-0.25, -0.2) is 4.79 Å². The van der Waals surface area contributed by atoms with E-state index >= 15 is 0 Å². The van der Waals surface area contributed by atoms with Crippen LogP contribution in [0.4, 0.5) is 0 Å². The van der Waals surface area contributed by atoms with E-state index in [1.54, 1.807) is 27.7 Å². The summed E-state index contributed by atoms with van der Waals surface area (Å²) in [6.45, 7) is 13.8. The first-order chi connectivity index (χ1) is 17.8. The molecule has 1 aliphatic heterocycles. The van der Waals surface area contributed by atoms with Crippen LogP contribution in [0.15, 0.2) is 12.3 Å². The highest BCUT2D eigenvalue weighted by Gasteiger charge is 2.38. The van der Waals surface area contributed by atoms with E-state index in [-0.39, 0.29) is 11.6 Å². The van der Waals surface area contributed by atoms with Gasteiger partial charge in [-0.1, -0.05) is 79.7 Å². The zero-order chi connectivity index (χ0) is 29.0. The summed E-state index contributed by atoms with van der Waals surface area (Å²) in [5, 5.41) is 28.7. The van der Waals surface area contributed by atoms with Crippen LogP contribution in [0.1, 0.15) is 92.9 Å². The van der Waals surface area contributed by atoms with Crippen LogP contribution in [0.3, 0.4) is 0 Å². The standard InChI is InChI=1S/C28H49N3O7/c1-8-9-10-11-12-13-14-15-21-17(4)24(33)18(5)25(34)30-22(16(2)3)26(35)31-23(20(7)32)27(36)29-19(6)28(37)38-21/h16-18,20-24,32-33H,6,8-15H2,1-5,7H3,(H,29,36)(H,30,34)(H,31,35)/t17-,18-,20+,21+,22+,23+,24-/m0/s1. The molecular formula is C28H49N3O7. The van der Waals surface area contributed by atoms with Crippen molar-refractivity contribution < 1.29 is 34.1 Å². The lowest BCUT2D eigenvalue weighted by Crippen LogP contribution is -2.59. The van der Waals surface area contributed by atoms with Gasteiger partial charge in [0.25, 0.3) is 0 Å². The van der Waals surface area contributed by atoms with Crippen LogP contribution >= 0.6 is 0 Å². The molecule has 5 N–H and O–H groups in total. The zero-order valence-electron chi connectivity index (χ0n) is 23.9. The molecule has 0 aromatic carbocycles. The second-order valence-electron chi connectivity index (χ2n) is 10.9. The SMILES string of the molecule is C=C1NC(=O)[C@@H]([C@@H](C)O)NC(=O)[C@@H](C(C)C)NC(=O)[C@@H](C)[C@@H](O)[C@@H](C)[C@@H](CCCCCCCCC)OC1=O. The second-order valence-corrected chi connectivity index (χ2v) is 10.9. The Balaban J connectivity index is 3.21. The van der Waals surface area contributed by atoms with Crippen molar-refractivity contribution in [2.24, 2.45) is 17.8 Å². The summed E-state index contributed by atoms with van der Waals surface area (Å²) in [6.07, 6.45) is 4.71. The van der Waals surface area contributed by atoms with Gasteiger partial charge < -0.3 is 30.9 Å². The normalized spacial score (nSPS) is 29.0. The van der Waals surface area contributed by atoms with Crippen LogP contribution in [-0.4, -0.2) is 64.3 Å². The van der Waals surface area contributed by atoms with Gasteiger partial charge >= 0.3 is 5.97 Å². The largest absolute Gasteiger partial charge is 0.457 e. The Kier molecular flexibility index (Phi) is 14.6. The van der Waals surface area contributed by atoms with E-state index in [1.165, 1.54) is 26.2 Å². The minimum absolute atomic E-state index is 0.348. The molecule has 0 unspecified atom stereocenters. The van der Waals surface area contributed by atoms with E-state index in [9.17, 15) is 29.4 Å². The Morgan fingerprint density at radius 3 is 1.97 bits per heavy atom. The number of rotatable bonds is 10. The first kappa shape index (κ1) is 33.6. The molecule has 7 atom stereocenters. The molecular weight excluding hydrogens is 490 g/mol. The minimum Gasteiger partial charge on any atom is -0.457 e. The van der Waals surface area contributed by atoms with E-state index in [0.29, 0.717) is 6.42 Å². The van der Waals surface area contributed by atoms with Gasteiger partial charge in [-0.3, -0.25) is 14.4 Å². The number of nitrogens with one attached hydrogen (secondary N) is 3. The number of hydrogen-bond donors (Lipinski definition) is 5. The van der Waals surface area contributed by atoms with Crippen LogP contribution in [0.5, 0.6) is 0 Å². The van der Waals surface area contributed by atoms with Crippen molar-refractivity contribution in [2.45, 2.75) is 123 Å². The Morgan fingerprint density at radius 1 is 0.868 bits per heavy atom. The van der Waals surface area contributed by atoms with Crippen molar-refractivity contribution in [3.63, 3.8) is 0 Å². The third-order valence-electron chi connectivity index (χ3n) is 7.23. The van der Waals surface area contributed by atoms with E-state index < -0.39 is 65.9 Å². The summed E-state index contributed by atoms with van der Waals surface area (Å²) in [5.41, 5.74) is -0.348. The van der Waals surface area contributed by atoms with Crippen molar-refractivity contribution in [1.82, 2.24) is 16.0 Å². The molecule has 1 fully saturated rings. The molecule has 0 aromatic rings. The second kappa shape index (κ2) is 16.5. The number of unbranched alkanes of at least 4 members (excludes halogenated alkanes) is 6. The number of ether oxygens (including phenoxy) is 1. The van der Waals surface area contributed by atoms with Gasteiger partial charge in [0.2, 0.25) is 17.7 Å². The van der Waals surface area contributed by atoms with Crippen LogP contribution in [0.2, 0.25) is 0 Å². The maximum absolute atomic E-state index is 13.1. The third kappa shape index (κ3) is 10.4. The van der Waals surface area contributed by atoms with Crippen LogP contribution < -0.4 is 16.0 Å². The molecule has 10 heteroatoms. The van der Waals surface area contributed by atoms with Crippen molar-refractivity contribution in [2.75, 3.05) is 0 Å². The first-order valence-electron chi connectivity index (χ1n) is 14.0. The summed E-state index contributed by atoms with van der Waals surface area (Å²) >= 11 is 0. The number of cyclic esters (lactones) is 1. The molecule has 0 bridgehead atoms. The van der Waals surface area contributed by atoms with Gasteiger partial charge in [-0.2, -0.15) is 0 Å². The molecule has 0 radical (unpaired) electrons. The number of carbonyl (C=O) groups is 4. The van der Waals surface area contributed by atoms with E-state index in [0.717, 1.165) is 25.7 Å². The third-order valence-corrected chi connectivity index (χ3v) is 7.23. The molecule has 0 saturated carbocycles. The lowest BCUT2D eigenvalue weighted by molar-refractivity contribution is -0.152. The highest BCUT2D eigenvalue weighted by Crippen LogP contribution is 2.25. The molecule has 218 valence electrons. The number of carbonyl (C=O) groups excluding carboxylic acids is 4. The predicted molar refractivity (Wildman–Crippen MR) is 144 cm³/mol. The average molecular weight is 540 g/mol. The Bertz CT molecular complexity index is 814. The number of esters is 1. The van der Waals surface area contributed by atoms with E-state index in [1.807, 2.05) is 0 Å². The molecule has 0 aliphatic carbocycles. The van der Waals surface area contributed by atoms with Gasteiger partial charge in [-0.15, -0.1) is 0 Å². The lowest BCUT2D eigenvalue weighted by Gasteiger charge is -2.32. The zero-order valence-corrected chi connectivity index (χ0v) is 23.9. The Morgan fingerprint density at radius 2 is 1.42 bits per heavy atom. The van der Waals surface area contributed by atoms with Crippen molar-refractivity contribution in [1.29, 1.82) is 0 Å². The molecule has 1 aliphatic rings. The smallest absolute Gasteiger partial charge is 0.354 e. The van der Waals surface area contributed by atoms with E-state index in [2.05, 4.69) is 29.5 Å². The van der Waals surface area contributed by atoms with E-state index in [4.69, 9.17) is 4.74 Å². The van der Waals surface area contributed by atoms with Gasteiger partial charge in [0, 0.05) is 5.92 Å². The Hall–Kier alpha value is -2.46. The summed E-state index contributed by atoms with van der Waals surface area (Å²) in [4.78, 5) is 51.7. The molecule has 38 heavy (non-hydrogen) atoms. The molecule has 1 heterocycles. The Labute approximate surface area is 227 Å². The molecule has 10 nitrogen and oxygen atoms in total. The monoisotopic (exact) mass is 539 g/mol. The van der Waals surface area contributed by atoms with Crippen molar-refractivity contribution in [3.05, 3.63) is 12.3 Å². The molecule has 0 aromatic heterocycles. The van der Waals surface area contributed by atoms with Gasteiger partial charge in [0.1, 0.15) is 23.9 Å². The predicted octanol–water partition coefficient (Wildman–Crippen LogP) is 2.32. The molecule has 0 spiro atoms. The lowest BCUT2D eigenvalue weighted by atomic mass is 9.86. The topological polar surface area (TPSA) is 154 Å². The summed E-state index contributed by atoms with van der Waals surface area (Å²) in [7, 11) is 0. The highest BCUT2D eigenvalue weighted by molar-refractivity contribution is 5.97. The van der Waals surface area contributed by atoms with Gasteiger partial charge in [-0.05, 0) is 25.7 Å². The summed E-state index contributed by atoms with van der Waals surface area (Å²) < 4.78 is 5.68. The van der Waals surface area contributed by atoms with Gasteiger partial charge in [0.15, 0.2) is 0 Å². The quantitative estimate of drug-likeness (QED) is 0.162. The number of hydrogen-bond acceptors (Lipinski definition) is 7. The van der Waals surface area contributed by atoms with Crippen LogP contribution in [0, 0.1) is 17.8 Å². The van der Waals surface area contributed by atoms with Crippen LogP contribution in [0.25, 0.3) is 0 Å². The maximum atomic E-state index is 13.1. The summed E-state index contributed by atoms with van der Waals surface area (Å²) in [5.74, 6) is -4.81. The van der Waals surface area contributed by atoms with Crippen LogP contribution in [-0.2, 0) is 23.9 Å². The number of aliphatic hydroxyl groups excluding tert-OH is 2. The number of aliphatic hydroxyl groups is 2. The van der Waals surface area contributed by atoms with Crippen molar-refractivity contribution in [3.8, 4) is 0 Å². The molecule has 1 saturated heterocycles. The fourth-order valence-electron chi connectivity index (χ4n) is 4.52. The minimum atomic E-state index is -1.40. The number of amides is 3. The summed E-state index contributed by atoms with van der Waals surface area (Å²) in [6, 6.07) is -2.42. The maximum Gasteiger partial charge on any atom is 0.354 e. The molecule has 3 amide bonds. The first-order valence-corrected chi connectivity index (χ1v) is 14.0. The van der Waals surface area contributed by atoms with Crippen molar-refractivity contribution >= 4 is 23.7 Å².